The van der Waals surface area contributed by atoms with Crippen molar-refractivity contribution in [3.8, 4) is 5.69 Å². The van der Waals surface area contributed by atoms with Gasteiger partial charge in [-0.2, -0.15) is 5.10 Å². The van der Waals surface area contributed by atoms with E-state index >= 15 is 0 Å². The summed E-state index contributed by atoms with van der Waals surface area (Å²) in [6.07, 6.45) is 3.55. The lowest BCUT2D eigenvalue weighted by Gasteiger charge is -2.31. The van der Waals surface area contributed by atoms with Gasteiger partial charge in [-0.05, 0) is 51.6 Å². The normalized spacial score (nSPS) is 19.9. The van der Waals surface area contributed by atoms with Gasteiger partial charge in [0.25, 0.3) is 0 Å². The maximum absolute atomic E-state index is 6.33. The Kier molecular flexibility index (Phi) is 4.20. The molecule has 1 aliphatic heterocycles. The van der Waals surface area contributed by atoms with Crippen LogP contribution in [0.15, 0.2) is 18.2 Å². The maximum Gasteiger partial charge on any atom is 0.149 e. The van der Waals surface area contributed by atoms with Gasteiger partial charge in [0.2, 0.25) is 0 Å². The van der Waals surface area contributed by atoms with Crippen molar-refractivity contribution in [1.29, 1.82) is 0 Å². The molecule has 3 rings (SSSR count). The van der Waals surface area contributed by atoms with Crippen LogP contribution in [0.4, 0.5) is 0 Å². The number of likely N-dealkylation sites (tertiary alicyclic amines) is 1. The number of nitrogens with zero attached hydrogens (tertiary/aromatic N) is 4. The van der Waals surface area contributed by atoms with Crippen molar-refractivity contribution in [3.05, 3.63) is 39.9 Å². The van der Waals surface area contributed by atoms with Crippen LogP contribution in [-0.4, -0.2) is 33.3 Å². The molecule has 1 aliphatic rings. The van der Waals surface area contributed by atoms with Crippen molar-refractivity contribution < 1.29 is 0 Å². The smallest absolute Gasteiger partial charge is 0.149 e. The van der Waals surface area contributed by atoms with Gasteiger partial charge in [0.15, 0.2) is 0 Å². The summed E-state index contributed by atoms with van der Waals surface area (Å²) in [7, 11) is 2.14. The minimum atomic E-state index is 0.284. The number of hydrogen-bond acceptors (Lipinski definition) is 3. The Morgan fingerprint density at radius 2 is 2.05 bits per heavy atom. The topological polar surface area (TPSA) is 34.0 Å². The Bertz CT molecular complexity index is 653. The summed E-state index contributed by atoms with van der Waals surface area (Å²) in [5.41, 5.74) is 0.829. The van der Waals surface area contributed by atoms with E-state index in [4.69, 9.17) is 23.2 Å². The van der Waals surface area contributed by atoms with E-state index in [0.29, 0.717) is 10.0 Å². The number of aromatic nitrogens is 3. The molecule has 0 N–H and O–H groups in total. The summed E-state index contributed by atoms with van der Waals surface area (Å²) in [6, 6.07) is 5.75. The second kappa shape index (κ2) is 5.95. The number of piperidine rings is 1. The Labute approximate surface area is 134 Å². The number of hydrogen-bond donors (Lipinski definition) is 0. The molecule has 2 heterocycles. The number of benzene rings is 1. The van der Waals surface area contributed by atoms with Crippen molar-refractivity contribution in [1.82, 2.24) is 19.7 Å². The van der Waals surface area contributed by atoms with E-state index in [1.807, 2.05) is 23.7 Å². The molecular weight excluding hydrogens is 307 g/mol. The molecule has 21 heavy (non-hydrogen) atoms. The molecule has 0 bridgehead atoms. The first-order chi connectivity index (χ1) is 10.1. The summed E-state index contributed by atoms with van der Waals surface area (Å²) in [6.45, 7) is 3.00. The summed E-state index contributed by atoms with van der Waals surface area (Å²) < 4.78 is 1.86. The highest BCUT2D eigenvalue weighted by atomic mass is 35.5. The predicted molar refractivity (Wildman–Crippen MR) is 85.3 cm³/mol. The van der Waals surface area contributed by atoms with E-state index in [9.17, 15) is 0 Å². The van der Waals surface area contributed by atoms with E-state index in [0.717, 1.165) is 30.3 Å². The van der Waals surface area contributed by atoms with Gasteiger partial charge < -0.3 is 0 Å². The van der Waals surface area contributed by atoms with Gasteiger partial charge in [-0.1, -0.05) is 29.6 Å². The SMILES string of the molecule is Cc1nc([C@@H]2CCCCN2C)n(-c2ccc(Cl)cc2Cl)n1. The van der Waals surface area contributed by atoms with Gasteiger partial charge in [0.05, 0.1) is 16.8 Å². The van der Waals surface area contributed by atoms with Crippen LogP contribution in [-0.2, 0) is 0 Å². The molecule has 1 fully saturated rings. The summed E-state index contributed by atoms with van der Waals surface area (Å²) >= 11 is 12.3. The molecule has 0 spiro atoms. The first-order valence-electron chi connectivity index (χ1n) is 7.15. The van der Waals surface area contributed by atoms with Crippen molar-refractivity contribution in [2.45, 2.75) is 32.2 Å². The molecule has 1 aromatic carbocycles. The number of aryl methyl sites for hydroxylation is 1. The fourth-order valence-electron chi connectivity index (χ4n) is 2.88. The van der Waals surface area contributed by atoms with E-state index in [1.54, 1.807) is 6.07 Å². The molecule has 2 aromatic rings. The number of halogens is 2. The van der Waals surface area contributed by atoms with Crippen LogP contribution < -0.4 is 0 Å². The standard InChI is InChI=1S/C15H18Cl2N4/c1-10-18-15(14-5-3-4-8-20(14)2)21(19-10)13-7-6-11(16)9-12(13)17/h6-7,9,14H,3-5,8H2,1-2H3/t14-/m0/s1. The lowest BCUT2D eigenvalue weighted by Crippen LogP contribution is -2.31. The van der Waals surface area contributed by atoms with Crippen LogP contribution in [0.1, 0.15) is 37.0 Å². The molecule has 112 valence electrons. The number of rotatable bonds is 2. The lowest BCUT2D eigenvalue weighted by atomic mass is 10.0. The van der Waals surface area contributed by atoms with Gasteiger partial charge in [-0.15, -0.1) is 0 Å². The molecule has 1 saturated heterocycles. The third-order valence-corrected chi connectivity index (χ3v) is 4.48. The van der Waals surface area contributed by atoms with Crippen LogP contribution in [0.2, 0.25) is 10.0 Å². The third kappa shape index (κ3) is 2.93. The third-order valence-electron chi connectivity index (χ3n) is 3.94. The fourth-order valence-corrected chi connectivity index (χ4v) is 3.37. The Hall–Kier alpha value is -1.10. The molecule has 0 aliphatic carbocycles. The molecule has 0 radical (unpaired) electrons. The average molecular weight is 325 g/mol. The molecular formula is C15H18Cl2N4. The molecule has 6 heteroatoms. The highest BCUT2D eigenvalue weighted by Gasteiger charge is 2.27. The molecule has 0 saturated carbocycles. The van der Waals surface area contributed by atoms with E-state index in [2.05, 4.69) is 22.0 Å². The minimum Gasteiger partial charge on any atom is -0.296 e. The highest BCUT2D eigenvalue weighted by Crippen LogP contribution is 2.32. The first-order valence-corrected chi connectivity index (χ1v) is 7.91. The van der Waals surface area contributed by atoms with Gasteiger partial charge in [-0.3, -0.25) is 4.90 Å². The Balaban J connectivity index is 2.06. The summed E-state index contributed by atoms with van der Waals surface area (Å²) in [4.78, 5) is 6.98. The summed E-state index contributed by atoms with van der Waals surface area (Å²) in [5, 5.41) is 5.74. The first kappa shape index (κ1) is 14.8. The van der Waals surface area contributed by atoms with Crippen molar-refractivity contribution in [2.75, 3.05) is 13.6 Å². The van der Waals surface area contributed by atoms with Crippen molar-refractivity contribution in [2.24, 2.45) is 0 Å². The zero-order valence-electron chi connectivity index (χ0n) is 12.2. The molecule has 4 nitrogen and oxygen atoms in total. The van der Waals surface area contributed by atoms with Gasteiger partial charge in [0, 0.05) is 5.02 Å². The zero-order chi connectivity index (χ0) is 15.0. The van der Waals surface area contributed by atoms with Crippen LogP contribution in [0, 0.1) is 6.92 Å². The highest BCUT2D eigenvalue weighted by molar-refractivity contribution is 6.35. The predicted octanol–water partition coefficient (Wildman–Crippen LogP) is 4.04. The van der Waals surface area contributed by atoms with Crippen molar-refractivity contribution in [3.63, 3.8) is 0 Å². The van der Waals surface area contributed by atoms with Gasteiger partial charge in [0.1, 0.15) is 11.6 Å². The molecule has 1 aromatic heterocycles. The van der Waals surface area contributed by atoms with E-state index in [-0.39, 0.29) is 6.04 Å². The van der Waals surface area contributed by atoms with Crippen LogP contribution in [0.25, 0.3) is 5.69 Å². The van der Waals surface area contributed by atoms with E-state index < -0.39 is 0 Å². The van der Waals surface area contributed by atoms with Crippen LogP contribution in [0.3, 0.4) is 0 Å². The average Bonchev–Trinajstić information content (AvgIpc) is 2.81. The second-order valence-electron chi connectivity index (χ2n) is 5.52. The fraction of sp³-hybridized carbons (Fsp3) is 0.467. The lowest BCUT2D eigenvalue weighted by molar-refractivity contribution is 0.177. The zero-order valence-corrected chi connectivity index (χ0v) is 13.7. The Morgan fingerprint density at radius 1 is 1.24 bits per heavy atom. The summed E-state index contributed by atoms with van der Waals surface area (Å²) in [5.74, 6) is 1.72. The quantitative estimate of drug-likeness (QED) is 0.836. The van der Waals surface area contributed by atoms with Crippen LogP contribution >= 0.6 is 23.2 Å². The Morgan fingerprint density at radius 3 is 2.76 bits per heavy atom. The van der Waals surface area contributed by atoms with E-state index in [1.165, 1.54) is 12.8 Å². The van der Waals surface area contributed by atoms with Crippen molar-refractivity contribution >= 4 is 23.2 Å². The van der Waals surface area contributed by atoms with Gasteiger partial charge in [-0.25, -0.2) is 9.67 Å². The molecule has 0 unspecified atom stereocenters. The molecule has 1 atom stereocenters. The maximum atomic E-state index is 6.33. The molecule has 0 amide bonds. The minimum absolute atomic E-state index is 0.284. The van der Waals surface area contributed by atoms with Crippen LogP contribution in [0.5, 0.6) is 0 Å². The van der Waals surface area contributed by atoms with Gasteiger partial charge >= 0.3 is 0 Å². The largest absolute Gasteiger partial charge is 0.296 e. The monoisotopic (exact) mass is 324 g/mol. The second-order valence-corrected chi connectivity index (χ2v) is 6.36.